The zero-order valence-corrected chi connectivity index (χ0v) is 11.6. The van der Waals surface area contributed by atoms with Crippen LogP contribution in [0.25, 0.3) is 0 Å². The summed E-state index contributed by atoms with van der Waals surface area (Å²) in [6, 6.07) is 11.0. The largest absolute Gasteiger partial charge is 0.486 e. The molecule has 0 spiro atoms. The molecular formula is C16H18N2O2. The van der Waals surface area contributed by atoms with Crippen molar-refractivity contribution in [2.45, 2.75) is 20.5 Å². The predicted octanol–water partition coefficient (Wildman–Crippen LogP) is 2.56. The van der Waals surface area contributed by atoms with E-state index in [4.69, 9.17) is 16.2 Å². The van der Waals surface area contributed by atoms with E-state index >= 15 is 0 Å². The van der Waals surface area contributed by atoms with Gasteiger partial charge in [-0.05, 0) is 48.7 Å². The summed E-state index contributed by atoms with van der Waals surface area (Å²) in [6.07, 6.45) is 0. The van der Waals surface area contributed by atoms with Crippen molar-refractivity contribution >= 4 is 11.6 Å². The summed E-state index contributed by atoms with van der Waals surface area (Å²) in [7, 11) is 0. The van der Waals surface area contributed by atoms with Gasteiger partial charge in [-0.25, -0.2) is 0 Å². The van der Waals surface area contributed by atoms with Gasteiger partial charge < -0.3 is 16.2 Å². The van der Waals surface area contributed by atoms with Crippen LogP contribution < -0.4 is 16.2 Å². The van der Waals surface area contributed by atoms with Gasteiger partial charge in [0.1, 0.15) is 12.4 Å². The standard InChI is InChI=1S/C16H18N2O2/c1-10-6-11(2)15(14(17)7-10)20-9-12-4-3-5-13(8-12)16(18)19/h3-8H,9,17H2,1-2H3,(H2,18,19). The first-order chi connectivity index (χ1) is 9.47. The van der Waals surface area contributed by atoms with E-state index < -0.39 is 5.91 Å². The maximum Gasteiger partial charge on any atom is 0.248 e. The van der Waals surface area contributed by atoms with Crippen LogP contribution >= 0.6 is 0 Å². The minimum Gasteiger partial charge on any atom is -0.486 e. The summed E-state index contributed by atoms with van der Waals surface area (Å²) in [6.45, 7) is 4.29. The lowest BCUT2D eigenvalue weighted by molar-refractivity contribution is 0.1000. The van der Waals surface area contributed by atoms with E-state index in [1.807, 2.05) is 32.0 Å². The van der Waals surface area contributed by atoms with Crippen molar-refractivity contribution < 1.29 is 9.53 Å². The maximum atomic E-state index is 11.1. The fourth-order valence-electron chi connectivity index (χ4n) is 2.15. The molecule has 1 amide bonds. The number of primary amides is 1. The Balaban J connectivity index is 2.17. The highest BCUT2D eigenvalue weighted by Gasteiger charge is 2.07. The van der Waals surface area contributed by atoms with Gasteiger partial charge in [0, 0.05) is 5.56 Å². The van der Waals surface area contributed by atoms with E-state index in [9.17, 15) is 4.79 Å². The van der Waals surface area contributed by atoms with Gasteiger partial charge in [0.15, 0.2) is 0 Å². The molecule has 4 N–H and O–H groups in total. The molecule has 0 aromatic heterocycles. The fourth-order valence-corrected chi connectivity index (χ4v) is 2.15. The Kier molecular flexibility index (Phi) is 3.94. The normalized spacial score (nSPS) is 10.3. The van der Waals surface area contributed by atoms with Crippen LogP contribution in [-0.4, -0.2) is 5.91 Å². The lowest BCUT2D eigenvalue weighted by Gasteiger charge is -2.13. The molecule has 0 aliphatic rings. The van der Waals surface area contributed by atoms with Crippen molar-refractivity contribution in [3.63, 3.8) is 0 Å². The van der Waals surface area contributed by atoms with Gasteiger partial charge in [-0.1, -0.05) is 18.2 Å². The van der Waals surface area contributed by atoms with Crippen LogP contribution in [0, 0.1) is 13.8 Å². The summed E-state index contributed by atoms with van der Waals surface area (Å²) < 4.78 is 5.77. The molecule has 0 fully saturated rings. The van der Waals surface area contributed by atoms with E-state index in [1.54, 1.807) is 18.2 Å². The summed E-state index contributed by atoms with van der Waals surface area (Å²) >= 11 is 0. The summed E-state index contributed by atoms with van der Waals surface area (Å²) in [5, 5.41) is 0. The van der Waals surface area contributed by atoms with Crippen molar-refractivity contribution in [1.82, 2.24) is 0 Å². The molecule has 0 saturated carbocycles. The van der Waals surface area contributed by atoms with E-state index in [0.717, 1.165) is 16.7 Å². The van der Waals surface area contributed by atoms with Crippen LogP contribution in [0.15, 0.2) is 36.4 Å². The third-order valence-corrected chi connectivity index (χ3v) is 3.04. The SMILES string of the molecule is Cc1cc(C)c(OCc2cccc(C(N)=O)c2)c(N)c1. The Morgan fingerprint density at radius 1 is 1.20 bits per heavy atom. The van der Waals surface area contributed by atoms with E-state index in [-0.39, 0.29) is 0 Å². The number of benzene rings is 2. The highest BCUT2D eigenvalue weighted by Crippen LogP contribution is 2.28. The van der Waals surface area contributed by atoms with Crippen LogP contribution in [-0.2, 0) is 6.61 Å². The minimum absolute atomic E-state index is 0.342. The Morgan fingerprint density at radius 2 is 1.95 bits per heavy atom. The number of anilines is 1. The first-order valence-electron chi connectivity index (χ1n) is 6.35. The number of nitrogens with two attached hydrogens (primary N) is 2. The molecule has 0 aliphatic carbocycles. The lowest BCUT2D eigenvalue weighted by atomic mass is 10.1. The molecule has 0 saturated heterocycles. The van der Waals surface area contributed by atoms with Crippen molar-refractivity contribution in [2.75, 3.05) is 5.73 Å². The second kappa shape index (κ2) is 5.65. The second-order valence-corrected chi connectivity index (χ2v) is 4.85. The molecule has 4 heteroatoms. The smallest absolute Gasteiger partial charge is 0.248 e. The average molecular weight is 270 g/mol. The molecule has 0 heterocycles. The molecule has 0 bridgehead atoms. The van der Waals surface area contributed by atoms with E-state index in [0.29, 0.717) is 23.6 Å². The Labute approximate surface area is 118 Å². The third-order valence-electron chi connectivity index (χ3n) is 3.04. The topological polar surface area (TPSA) is 78.3 Å². The molecule has 104 valence electrons. The zero-order valence-electron chi connectivity index (χ0n) is 11.6. The first-order valence-corrected chi connectivity index (χ1v) is 6.35. The van der Waals surface area contributed by atoms with Gasteiger partial charge in [0.25, 0.3) is 0 Å². The fraction of sp³-hybridized carbons (Fsp3) is 0.188. The van der Waals surface area contributed by atoms with E-state index in [1.165, 1.54) is 0 Å². The van der Waals surface area contributed by atoms with Crippen molar-refractivity contribution in [3.05, 3.63) is 58.7 Å². The monoisotopic (exact) mass is 270 g/mol. The highest BCUT2D eigenvalue weighted by molar-refractivity contribution is 5.92. The number of amides is 1. The third kappa shape index (κ3) is 3.09. The molecule has 0 radical (unpaired) electrons. The van der Waals surface area contributed by atoms with Crippen LogP contribution in [0.2, 0.25) is 0 Å². The van der Waals surface area contributed by atoms with Crippen molar-refractivity contribution in [3.8, 4) is 5.75 Å². The van der Waals surface area contributed by atoms with E-state index in [2.05, 4.69) is 0 Å². The summed E-state index contributed by atoms with van der Waals surface area (Å²) in [4.78, 5) is 11.1. The predicted molar refractivity (Wildman–Crippen MR) is 79.6 cm³/mol. The number of rotatable bonds is 4. The van der Waals surface area contributed by atoms with Crippen molar-refractivity contribution in [1.29, 1.82) is 0 Å². The number of carbonyl (C=O) groups excluding carboxylic acids is 1. The Morgan fingerprint density at radius 3 is 2.60 bits per heavy atom. The van der Waals surface area contributed by atoms with Gasteiger partial charge in [-0.3, -0.25) is 4.79 Å². The molecule has 2 rings (SSSR count). The second-order valence-electron chi connectivity index (χ2n) is 4.85. The van der Waals surface area contributed by atoms with Crippen molar-refractivity contribution in [2.24, 2.45) is 5.73 Å². The summed E-state index contributed by atoms with van der Waals surface area (Å²) in [5.74, 6) is 0.234. The molecule has 2 aromatic rings. The molecule has 0 atom stereocenters. The van der Waals surface area contributed by atoms with Gasteiger partial charge in [0.05, 0.1) is 5.69 Å². The number of ether oxygens (including phenoxy) is 1. The maximum absolute atomic E-state index is 11.1. The number of nitrogen functional groups attached to an aromatic ring is 1. The number of carbonyl (C=O) groups is 1. The molecular weight excluding hydrogens is 252 g/mol. The molecule has 4 nitrogen and oxygen atoms in total. The Hall–Kier alpha value is -2.49. The molecule has 0 unspecified atom stereocenters. The number of aryl methyl sites for hydroxylation is 2. The number of hydrogen-bond donors (Lipinski definition) is 2. The first kappa shape index (κ1) is 13.9. The molecule has 2 aromatic carbocycles. The van der Waals surface area contributed by atoms with Crippen LogP contribution in [0.3, 0.4) is 0 Å². The van der Waals surface area contributed by atoms with Gasteiger partial charge in [-0.2, -0.15) is 0 Å². The van der Waals surface area contributed by atoms with Gasteiger partial charge in [0.2, 0.25) is 5.91 Å². The lowest BCUT2D eigenvalue weighted by Crippen LogP contribution is -2.11. The number of hydrogen-bond acceptors (Lipinski definition) is 3. The van der Waals surface area contributed by atoms with Crippen LogP contribution in [0.5, 0.6) is 5.75 Å². The summed E-state index contributed by atoms with van der Waals surface area (Å²) in [5.41, 5.74) is 15.3. The van der Waals surface area contributed by atoms with Gasteiger partial charge >= 0.3 is 0 Å². The molecule has 20 heavy (non-hydrogen) atoms. The highest BCUT2D eigenvalue weighted by atomic mass is 16.5. The minimum atomic E-state index is -0.446. The van der Waals surface area contributed by atoms with Crippen LogP contribution in [0.4, 0.5) is 5.69 Å². The Bertz CT molecular complexity index is 628. The van der Waals surface area contributed by atoms with Crippen LogP contribution in [0.1, 0.15) is 27.0 Å². The van der Waals surface area contributed by atoms with Gasteiger partial charge in [-0.15, -0.1) is 0 Å². The average Bonchev–Trinajstić information content (AvgIpc) is 2.37. The zero-order chi connectivity index (χ0) is 14.7. The quantitative estimate of drug-likeness (QED) is 0.838. The molecule has 0 aliphatic heterocycles.